The van der Waals surface area contributed by atoms with Crippen LogP contribution in [0.5, 0.6) is 0 Å². The van der Waals surface area contributed by atoms with E-state index >= 15 is 0 Å². The van der Waals surface area contributed by atoms with Crippen molar-refractivity contribution in [1.82, 2.24) is 10.2 Å². The number of hydrogen-bond acceptors (Lipinski definition) is 4. The third kappa shape index (κ3) is 6.61. The number of unbranched alkanes of at least 4 members (excludes halogenated alkanes) is 1. The van der Waals surface area contributed by atoms with Crippen LogP contribution in [0.4, 0.5) is 0 Å². The van der Waals surface area contributed by atoms with Crippen molar-refractivity contribution in [3.8, 4) is 0 Å². The highest BCUT2D eigenvalue weighted by Crippen LogP contribution is 1.98. The Bertz CT molecular complexity index is 218. The molecule has 0 spiro atoms. The van der Waals surface area contributed by atoms with E-state index in [2.05, 4.69) is 17.1 Å². The van der Waals surface area contributed by atoms with Gasteiger partial charge in [-0.15, -0.1) is 0 Å². The Balaban J connectivity index is 2.07. The summed E-state index contributed by atoms with van der Waals surface area (Å²) in [6, 6.07) is 0. The number of nitrogens with zero attached hydrogens (tertiary/aromatic N) is 1. The van der Waals surface area contributed by atoms with Crippen LogP contribution in [0.25, 0.3) is 0 Å². The van der Waals surface area contributed by atoms with Gasteiger partial charge < -0.3 is 15.2 Å². The van der Waals surface area contributed by atoms with Crippen molar-refractivity contribution in [2.24, 2.45) is 0 Å². The fraction of sp³-hybridized carbons (Fsp3) is 0.917. The first-order chi connectivity index (χ1) is 8.22. The third-order valence-electron chi connectivity index (χ3n) is 2.86. The first kappa shape index (κ1) is 14.4. The maximum atomic E-state index is 11.3. The number of amides is 1. The molecule has 0 radical (unpaired) electrons. The fourth-order valence-corrected chi connectivity index (χ4v) is 1.80. The highest BCUT2D eigenvalue weighted by Gasteiger charge is 2.15. The molecule has 1 fully saturated rings. The summed E-state index contributed by atoms with van der Waals surface area (Å²) in [7, 11) is 0. The zero-order chi connectivity index (χ0) is 12.5. The van der Waals surface area contributed by atoms with Crippen LogP contribution in [0.2, 0.25) is 0 Å². The number of morpholine rings is 1. The third-order valence-corrected chi connectivity index (χ3v) is 2.86. The van der Waals surface area contributed by atoms with E-state index in [1.165, 1.54) is 0 Å². The van der Waals surface area contributed by atoms with Gasteiger partial charge in [0.2, 0.25) is 5.91 Å². The molecule has 0 saturated carbocycles. The number of carbonyl (C=O) groups excluding carboxylic acids is 1. The Morgan fingerprint density at radius 3 is 2.82 bits per heavy atom. The van der Waals surface area contributed by atoms with Gasteiger partial charge in [0.25, 0.3) is 0 Å². The molecule has 0 aliphatic carbocycles. The number of ether oxygens (including phenoxy) is 1. The average molecular weight is 244 g/mol. The topological polar surface area (TPSA) is 61.8 Å². The number of aliphatic hydroxyl groups is 1. The highest BCUT2D eigenvalue weighted by molar-refractivity contribution is 5.75. The summed E-state index contributed by atoms with van der Waals surface area (Å²) < 4.78 is 5.23. The zero-order valence-electron chi connectivity index (χ0n) is 10.7. The van der Waals surface area contributed by atoms with Crippen molar-refractivity contribution >= 4 is 5.91 Å². The van der Waals surface area contributed by atoms with Crippen LogP contribution in [0.15, 0.2) is 0 Å². The van der Waals surface area contributed by atoms with E-state index in [0.29, 0.717) is 19.5 Å². The monoisotopic (exact) mass is 244 g/mol. The van der Waals surface area contributed by atoms with Crippen molar-refractivity contribution in [3.05, 3.63) is 0 Å². The summed E-state index contributed by atoms with van der Waals surface area (Å²) >= 11 is 0. The molecule has 0 bridgehead atoms. The molecule has 5 heteroatoms. The van der Waals surface area contributed by atoms with E-state index in [-0.39, 0.29) is 5.91 Å². The molecule has 1 aliphatic heterocycles. The molecule has 17 heavy (non-hydrogen) atoms. The summed E-state index contributed by atoms with van der Waals surface area (Å²) in [5.41, 5.74) is 0. The van der Waals surface area contributed by atoms with Gasteiger partial charge in [0.05, 0.1) is 19.3 Å². The van der Waals surface area contributed by atoms with E-state index in [0.717, 1.165) is 39.1 Å². The van der Waals surface area contributed by atoms with Crippen LogP contribution in [0, 0.1) is 0 Å². The number of nitrogens with one attached hydrogen (secondary N) is 1. The van der Waals surface area contributed by atoms with Gasteiger partial charge in [-0.3, -0.25) is 9.69 Å². The lowest BCUT2D eigenvalue weighted by atomic mass is 10.2. The van der Waals surface area contributed by atoms with Gasteiger partial charge in [-0.1, -0.05) is 13.3 Å². The van der Waals surface area contributed by atoms with Crippen LogP contribution >= 0.6 is 0 Å². The highest BCUT2D eigenvalue weighted by atomic mass is 16.5. The van der Waals surface area contributed by atoms with Gasteiger partial charge in [-0.05, 0) is 6.42 Å². The molecule has 0 aromatic rings. The summed E-state index contributed by atoms with van der Waals surface area (Å²) in [4.78, 5) is 13.5. The van der Waals surface area contributed by atoms with Crippen molar-refractivity contribution in [2.75, 3.05) is 39.4 Å². The molecule has 5 nitrogen and oxygen atoms in total. The Hall–Kier alpha value is -0.650. The number of carbonyl (C=O) groups is 1. The Morgan fingerprint density at radius 2 is 2.18 bits per heavy atom. The van der Waals surface area contributed by atoms with Crippen molar-refractivity contribution < 1.29 is 14.6 Å². The minimum Gasteiger partial charge on any atom is -0.390 e. The standard InChI is InChI=1S/C12H24N2O3/c1-2-3-4-12(16)13-9-11(15)10-14-5-7-17-8-6-14/h11,15H,2-10H2,1H3,(H,13,16). The maximum Gasteiger partial charge on any atom is 0.220 e. The maximum absolute atomic E-state index is 11.3. The molecule has 100 valence electrons. The second-order valence-electron chi connectivity index (χ2n) is 4.47. The van der Waals surface area contributed by atoms with Gasteiger partial charge in [-0.25, -0.2) is 0 Å². The fourth-order valence-electron chi connectivity index (χ4n) is 1.80. The summed E-state index contributed by atoms with van der Waals surface area (Å²) in [6.45, 7) is 6.20. The van der Waals surface area contributed by atoms with E-state index in [9.17, 15) is 9.90 Å². The lowest BCUT2D eigenvalue weighted by molar-refractivity contribution is -0.121. The number of β-amino-alcohol motifs (C(OH)–C–C–N with tert-alkyl or cyclic N) is 1. The second kappa shape index (κ2) is 8.44. The molecular weight excluding hydrogens is 220 g/mol. The van der Waals surface area contributed by atoms with E-state index in [1.54, 1.807) is 0 Å². The van der Waals surface area contributed by atoms with Crippen molar-refractivity contribution in [2.45, 2.75) is 32.3 Å². The Labute approximate surface area is 103 Å². The van der Waals surface area contributed by atoms with Gasteiger partial charge in [0, 0.05) is 32.6 Å². The van der Waals surface area contributed by atoms with E-state index in [4.69, 9.17) is 4.74 Å². The smallest absolute Gasteiger partial charge is 0.220 e. The summed E-state index contributed by atoms with van der Waals surface area (Å²) in [6.07, 6.45) is 1.99. The van der Waals surface area contributed by atoms with Crippen molar-refractivity contribution in [1.29, 1.82) is 0 Å². The molecule has 2 N–H and O–H groups in total. The molecule has 1 heterocycles. The van der Waals surface area contributed by atoms with Crippen LogP contribution < -0.4 is 5.32 Å². The Morgan fingerprint density at radius 1 is 1.47 bits per heavy atom. The number of hydrogen-bond donors (Lipinski definition) is 2. The first-order valence-corrected chi connectivity index (χ1v) is 6.47. The van der Waals surface area contributed by atoms with Crippen LogP contribution in [0.1, 0.15) is 26.2 Å². The van der Waals surface area contributed by atoms with Gasteiger partial charge >= 0.3 is 0 Å². The van der Waals surface area contributed by atoms with Crippen LogP contribution in [0.3, 0.4) is 0 Å². The molecule has 1 amide bonds. The molecule has 1 atom stereocenters. The quantitative estimate of drug-likeness (QED) is 0.661. The van der Waals surface area contributed by atoms with Gasteiger partial charge in [0.15, 0.2) is 0 Å². The number of rotatable bonds is 7. The zero-order valence-corrected chi connectivity index (χ0v) is 10.7. The van der Waals surface area contributed by atoms with Gasteiger partial charge in [-0.2, -0.15) is 0 Å². The summed E-state index contributed by atoms with van der Waals surface area (Å²) in [5, 5.41) is 12.5. The minimum atomic E-state index is -0.487. The van der Waals surface area contributed by atoms with Crippen LogP contribution in [-0.2, 0) is 9.53 Å². The molecule has 0 aromatic carbocycles. The lowest BCUT2D eigenvalue weighted by Gasteiger charge is -2.28. The molecular formula is C12H24N2O3. The summed E-state index contributed by atoms with van der Waals surface area (Å²) in [5.74, 6) is 0.0351. The predicted molar refractivity (Wildman–Crippen MR) is 65.8 cm³/mol. The lowest BCUT2D eigenvalue weighted by Crippen LogP contribution is -2.44. The molecule has 0 aromatic heterocycles. The molecule has 1 aliphatic rings. The molecule has 1 unspecified atom stereocenters. The second-order valence-corrected chi connectivity index (χ2v) is 4.47. The van der Waals surface area contributed by atoms with E-state index in [1.807, 2.05) is 0 Å². The molecule has 1 saturated heterocycles. The molecule has 1 rings (SSSR count). The largest absolute Gasteiger partial charge is 0.390 e. The Kier molecular flexibility index (Phi) is 7.16. The number of aliphatic hydroxyl groups excluding tert-OH is 1. The minimum absolute atomic E-state index is 0.0351. The van der Waals surface area contributed by atoms with Crippen LogP contribution in [-0.4, -0.2) is 61.4 Å². The first-order valence-electron chi connectivity index (χ1n) is 6.47. The predicted octanol–water partition coefficient (Wildman–Crippen LogP) is -0.0141. The van der Waals surface area contributed by atoms with Gasteiger partial charge in [0.1, 0.15) is 0 Å². The van der Waals surface area contributed by atoms with E-state index < -0.39 is 6.10 Å². The normalized spacial score (nSPS) is 18.9. The SMILES string of the molecule is CCCCC(=O)NCC(O)CN1CCOCC1. The van der Waals surface area contributed by atoms with Crippen molar-refractivity contribution in [3.63, 3.8) is 0 Å². The average Bonchev–Trinajstić information content (AvgIpc) is 2.35.